The number of hydrogen-bond donors (Lipinski definition) is 4. The maximum absolute atomic E-state index is 15.2. The molecule has 2 heterocycles. The van der Waals surface area contributed by atoms with E-state index in [9.17, 15) is 9.18 Å². The first-order chi connectivity index (χ1) is 16.8. The summed E-state index contributed by atoms with van der Waals surface area (Å²) in [6, 6.07) is 10.5. The van der Waals surface area contributed by atoms with E-state index < -0.39 is 23.4 Å². The van der Waals surface area contributed by atoms with Crippen LogP contribution in [0.25, 0.3) is 5.82 Å². The summed E-state index contributed by atoms with van der Waals surface area (Å²) in [5, 5.41) is 14.8. The Morgan fingerprint density at radius 1 is 1.11 bits per heavy atom. The van der Waals surface area contributed by atoms with Gasteiger partial charge in [-0.15, -0.1) is 5.10 Å². The van der Waals surface area contributed by atoms with Crippen LogP contribution in [0.2, 0.25) is 0 Å². The number of anilines is 1. The van der Waals surface area contributed by atoms with Gasteiger partial charge in [0.25, 0.3) is 0 Å². The molecule has 0 aliphatic carbocycles. The quantitative estimate of drug-likeness (QED) is 0.224. The van der Waals surface area contributed by atoms with Crippen molar-refractivity contribution in [2.45, 2.75) is 6.04 Å². The topological polar surface area (TPSA) is 144 Å². The summed E-state index contributed by atoms with van der Waals surface area (Å²) in [6.07, 6.45) is 1.32. The van der Waals surface area contributed by atoms with Crippen molar-refractivity contribution in [2.24, 2.45) is 5.73 Å². The van der Waals surface area contributed by atoms with Crippen molar-refractivity contribution in [3.63, 3.8) is 0 Å². The van der Waals surface area contributed by atoms with Crippen LogP contribution >= 0.6 is 0 Å². The predicted molar refractivity (Wildman–Crippen MR) is 124 cm³/mol. The number of rotatable bonds is 8. The average Bonchev–Trinajstić information content (AvgIpc) is 3.24. The Hall–Kier alpha value is -4.74. The van der Waals surface area contributed by atoms with Crippen LogP contribution in [-0.4, -0.2) is 39.8 Å². The largest absolute Gasteiger partial charge is 0.493 e. The highest BCUT2D eigenvalue weighted by Gasteiger charge is 2.26. The van der Waals surface area contributed by atoms with E-state index in [4.69, 9.17) is 20.6 Å². The second kappa shape index (κ2) is 9.63. The summed E-state index contributed by atoms with van der Waals surface area (Å²) in [7, 11) is 2.78. The molecule has 180 valence electrons. The molecule has 4 aromatic rings. The minimum Gasteiger partial charge on any atom is -0.493 e. The molecule has 12 heteroatoms. The highest BCUT2D eigenvalue weighted by atomic mass is 19.1. The summed E-state index contributed by atoms with van der Waals surface area (Å²) in [5.74, 6) is -1.43. The number of hydrogen-bond acceptors (Lipinski definition) is 7. The molecule has 5 N–H and O–H groups in total. The van der Waals surface area contributed by atoms with Gasteiger partial charge in [0, 0.05) is 29.1 Å². The molecule has 0 bridgehead atoms. The van der Waals surface area contributed by atoms with Crippen molar-refractivity contribution in [3.8, 4) is 17.3 Å². The van der Waals surface area contributed by atoms with Crippen LogP contribution in [-0.2, 0) is 0 Å². The molecule has 0 aliphatic rings. The summed E-state index contributed by atoms with van der Waals surface area (Å²) in [4.78, 5) is 19.1. The third kappa shape index (κ3) is 4.67. The minimum absolute atomic E-state index is 0.0122. The second-order valence-electron chi connectivity index (χ2n) is 7.33. The smallest absolute Gasteiger partial charge is 0.349 e. The van der Waals surface area contributed by atoms with E-state index in [2.05, 4.69) is 20.4 Å². The molecule has 1 atom stereocenters. The summed E-state index contributed by atoms with van der Waals surface area (Å²) < 4.78 is 40.7. The summed E-state index contributed by atoms with van der Waals surface area (Å²) in [6.45, 7) is 0. The molecular formula is C23H21F2N7O3. The molecule has 0 radical (unpaired) electrons. The number of nitrogens with zero attached hydrogens (tertiary/aromatic N) is 3. The van der Waals surface area contributed by atoms with E-state index in [1.165, 1.54) is 32.5 Å². The van der Waals surface area contributed by atoms with Crippen LogP contribution in [0.1, 0.15) is 23.0 Å². The second-order valence-corrected chi connectivity index (χ2v) is 7.33. The first-order valence-electron chi connectivity index (χ1n) is 10.2. The number of methoxy groups -OCH3 is 2. The van der Waals surface area contributed by atoms with Crippen LogP contribution in [0.3, 0.4) is 0 Å². The Morgan fingerprint density at radius 3 is 2.43 bits per heavy atom. The lowest BCUT2D eigenvalue weighted by Gasteiger charge is -2.20. The standard InChI is InChI=1S/C23H21F2N7O3/c1-34-17-10-14(16(25)11-18(17)35-2)19(29-13-7-5-12(6-8-13)20(26)27)21-30-23(33)32(31-21)22-15(24)4-3-9-28-22/h3-11,19,29H,1-2H3,(H3,26,27)(H,30,31,33)/t19-/m0/s1. The zero-order valence-corrected chi connectivity index (χ0v) is 18.7. The number of nitrogen functional groups attached to an aromatic ring is 1. The van der Waals surface area contributed by atoms with Crippen molar-refractivity contribution < 1.29 is 18.3 Å². The van der Waals surface area contributed by atoms with Gasteiger partial charge in [-0.25, -0.2) is 18.6 Å². The van der Waals surface area contributed by atoms with E-state index in [1.807, 2.05) is 0 Å². The highest BCUT2D eigenvalue weighted by molar-refractivity contribution is 5.95. The Labute approximate surface area is 197 Å². The first-order valence-corrected chi connectivity index (χ1v) is 10.2. The van der Waals surface area contributed by atoms with Gasteiger partial charge in [-0.3, -0.25) is 10.4 Å². The number of aromatic amines is 1. The van der Waals surface area contributed by atoms with Crippen molar-refractivity contribution in [1.29, 1.82) is 5.41 Å². The van der Waals surface area contributed by atoms with Gasteiger partial charge in [-0.1, -0.05) is 0 Å². The van der Waals surface area contributed by atoms with Crippen molar-refractivity contribution in [3.05, 3.63) is 93.8 Å². The van der Waals surface area contributed by atoms with E-state index >= 15 is 4.39 Å². The molecule has 0 spiro atoms. The van der Waals surface area contributed by atoms with Crippen LogP contribution in [0.15, 0.2) is 59.5 Å². The Morgan fingerprint density at radius 2 is 1.80 bits per heavy atom. The molecule has 10 nitrogen and oxygen atoms in total. The lowest BCUT2D eigenvalue weighted by atomic mass is 10.0. The summed E-state index contributed by atoms with van der Waals surface area (Å²) in [5.41, 5.74) is 5.82. The zero-order chi connectivity index (χ0) is 25.1. The lowest BCUT2D eigenvalue weighted by Crippen LogP contribution is -2.18. The summed E-state index contributed by atoms with van der Waals surface area (Å²) >= 11 is 0. The van der Waals surface area contributed by atoms with Gasteiger partial charge in [0.15, 0.2) is 29.0 Å². The molecule has 35 heavy (non-hydrogen) atoms. The molecule has 0 fully saturated rings. The Bertz CT molecular complexity index is 1430. The first kappa shape index (κ1) is 23.4. The van der Waals surface area contributed by atoms with Gasteiger partial charge in [-0.2, -0.15) is 4.68 Å². The molecule has 2 aromatic heterocycles. The van der Waals surface area contributed by atoms with E-state index in [0.29, 0.717) is 11.3 Å². The fraction of sp³-hybridized carbons (Fsp3) is 0.130. The van der Waals surface area contributed by atoms with Crippen LogP contribution < -0.4 is 26.2 Å². The van der Waals surface area contributed by atoms with Gasteiger partial charge >= 0.3 is 5.69 Å². The number of nitrogens with two attached hydrogens (primary N) is 1. The molecule has 0 amide bonds. The molecule has 4 rings (SSSR count). The maximum atomic E-state index is 15.2. The lowest BCUT2D eigenvalue weighted by molar-refractivity contribution is 0.351. The number of benzene rings is 2. The van der Waals surface area contributed by atoms with Crippen LogP contribution in [0.4, 0.5) is 14.5 Å². The fourth-order valence-electron chi connectivity index (χ4n) is 3.44. The Kier molecular flexibility index (Phi) is 6.44. The fourth-order valence-corrected chi connectivity index (χ4v) is 3.44. The van der Waals surface area contributed by atoms with E-state index in [0.717, 1.165) is 16.8 Å². The molecular weight excluding hydrogens is 460 g/mol. The SMILES string of the molecule is COc1cc(F)c([C@H](Nc2ccc(C(=N)N)cc2)c2nn(-c3ncccc3F)c(=O)[nH]2)cc1OC. The van der Waals surface area contributed by atoms with E-state index in [1.54, 1.807) is 24.3 Å². The maximum Gasteiger partial charge on any atom is 0.349 e. The molecule has 0 unspecified atom stereocenters. The van der Waals surface area contributed by atoms with Gasteiger partial charge in [0.05, 0.1) is 14.2 Å². The third-order valence-electron chi connectivity index (χ3n) is 5.17. The number of H-pyrrole nitrogens is 1. The number of halogens is 2. The van der Waals surface area contributed by atoms with Gasteiger partial charge < -0.3 is 20.5 Å². The van der Waals surface area contributed by atoms with Crippen LogP contribution in [0.5, 0.6) is 11.5 Å². The molecule has 0 saturated heterocycles. The zero-order valence-electron chi connectivity index (χ0n) is 18.7. The van der Waals surface area contributed by atoms with Crippen molar-refractivity contribution in [2.75, 3.05) is 19.5 Å². The molecule has 0 aliphatic heterocycles. The normalized spacial score (nSPS) is 11.7. The van der Waals surface area contributed by atoms with Gasteiger partial charge in [0.2, 0.25) is 0 Å². The third-order valence-corrected chi connectivity index (χ3v) is 5.17. The number of aromatic nitrogens is 4. The van der Waals surface area contributed by atoms with Gasteiger partial charge in [0.1, 0.15) is 17.7 Å². The predicted octanol–water partition coefficient (Wildman–Crippen LogP) is 2.74. The number of nitrogens with one attached hydrogen (secondary N) is 3. The average molecular weight is 481 g/mol. The van der Waals surface area contributed by atoms with Crippen molar-refractivity contribution in [1.82, 2.24) is 19.7 Å². The minimum atomic E-state index is -1.04. The van der Waals surface area contributed by atoms with E-state index in [-0.39, 0.29) is 34.5 Å². The number of amidine groups is 1. The number of ether oxygens (including phenoxy) is 2. The van der Waals surface area contributed by atoms with Crippen molar-refractivity contribution >= 4 is 11.5 Å². The molecule has 2 aromatic carbocycles. The monoisotopic (exact) mass is 481 g/mol. The Balaban J connectivity index is 1.84. The molecule has 0 saturated carbocycles. The highest BCUT2D eigenvalue weighted by Crippen LogP contribution is 2.35. The van der Waals surface area contributed by atoms with Gasteiger partial charge in [-0.05, 0) is 42.5 Å². The van der Waals surface area contributed by atoms with Crippen LogP contribution in [0, 0.1) is 17.0 Å². The number of pyridine rings is 1.